The molecular weight excluding hydrogens is 653 g/mol. The van der Waals surface area contributed by atoms with Gasteiger partial charge in [-0.2, -0.15) is 5.10 Å². The van der Waals surface area contributed by atoms with Gasteiger partial charge in [-0.15, -0.1) is 10.2 Å². The highest BCUT2D eigenvalue weighted by Crippen LogP contribution is 2.35. The van der Waals surface area contributed by atoms with Crippen molar-refractivity contribution in [1.82, 2.24) is 25.1 Å². The molecule has 1 aliphatic rings. The third-order valence-electron chi connectivity index (χ3n) is 8.23. The molecule has 0 radical (unpaired) electrons. The van der Waals surface area contributed by atoms with Gasteiger partial charge in [0.05, 0.1) is 38.3 Å². The molecule has 0 saturated heterocycles. The number of hydrogen-bond acceptors (Lipinski definition) is 9. The lowest BCUT2D eigenvalue weighted by Gasteiger charge is -2.22. The van der Waals surface area contributed by atoms with Crippen LogP contribution in [0.15, 0.2) is 119 Å². The molecule has 5 aromatic rings. The minimum absolute atomic E-state index is 0.0901. The van der Waals surface area contributed by atoms with Crippen molar-refractivity contribution in [1.29, 1.82) is 0 Å². The molecule has 1 atom stereocenters. The molecule has 256 valence electrons. The zero-order valence-corrected chi connectivity index (χ0v) is 28.7. The molecule has 6 rings (SSSR count). The molecule has 0 aliphatic carbocycles. The van der Waals surface area contributed by atoms with E-state index in [0.717, 1.165) is 40.3 Å². The minimum Gasteiger partial charge on any atom is -0.497 e. The molecule has 2 heterocycles. The van der Waals surface area contributed by atoms with Crippen LogP contribution in [0, 0.1) is 0 Å². The second kappa shape index (κ2) is 16.7. The van der Waals surface area contributed by atoms with Crippen LogP contribution in [0.2, 0.25) is 0 Å². The molecule has 0 bridgehead atoms. The average molecular weight is 691 g/mol. The molecule has 0 fully saturated rings. The van der Waals surface area contributed by atoms with E-state index in [1.54, 1.807) is 31.4 Å². The standard InChI is InChI=1S/C38H38N6O5S/c1-47-30-17-13-28(14-18-30)33-23-34(29-15-19-31(48-2)20-16-29)44(42-33)37(46)26-50-38-41-40-35(43(38)22-21-27-9-5-3-6-10-27)24-39-36(45)25-49-32-11-7-4-8-12-32/h3-20,34H,21-26H2,1-2H3,(H,39,45)/t34-/m1/s1. The second-order valence-corrected chi connectivity index (χ2v) is 12.4. The molecule has 1 aliphatic heterocycles. The number of ether oxygens (including phenoxy) is 3. The Kier molecular flexibility index (Phi) is 11.4. The molecule has 1 N–H and O–H groups in total. The number of amides is 2. The summed E-state index contributed by atoms with van der Waals surface area (Å²) in [5.74, 6) is 2.34. The van der Waals surface area contributed by atoms with E-state index in [4.69, 9.17) is 19.3 Å². The van der Waals surface area contributed by atoms with Gasteiger partial charge < -0.3 is 24.1 Å². The Labute approximate surface area is 295 Å². The molecule has 50 heavy (non-hydrogen) atoms. The number of thioether (sulfide) groups is 1. The first-order valence-electron chi connectivity index (χ1n) is 16.2. The molecular formula is C38H38N6O5S. The highest BCUT2D eigenvalue weighted by Gasteiger charge is 2.33. The van der Waals surface area contributed by atoms with E-state index in [2.05, 4.69) is 27.6 Å². The number of rotatable bonds is 15. The van der Waals surface area contributed by atoms with Crippen molar-refractivity contribution in [2.24, 2.45) is 5.10 Å². The van der Waals surface area contributed by atoms with E-state index in [0.29, 0.717) is 29.7 Å². The second-order valence-electron chi connectivity index (χ2n) is 11.5. The summed E-state index contributed by atoms with van der Waals surface area (Å²) in [4.78, 5) is 26.5. The number of hydrogen-bond donors (Lipinski definition) is 1. The number of methoxy groups -OCH3 is 2. The highest BCUT2D eigenvalue weighted by atomic mass is 32.2. The summed E-state index contributed by atoms with van der Waals surface area (Å²) in [6.45, 7) is 0.605. The van der Waals surface area contributed by atoms with E-state index in [1.807, 2.05) is 89.5 Å². The van der Waals surface area contributed by atoms with Gasteiger partial charge in [-0.05, 0) is 71.6 Å². The monoisotopic (exact) mass is 690 g/mol. The molecule has 12 heteroatoms. The van der Waals surface area contributed by atoms with Crippen molar-refractivity contribution in [3.63, 3.8) is 0 Å². The van der Waals surface area contributed by atoms with E-state index in [1.165, 1.54) is 11.8 Å². The van der Waals surface area contributed by atoms with Crippen LogP contribution in [0.4, 0.5) is 0 Å². The fourth-order valence-corrected chi connectivity index (χ4v) is 6.37. The Hall–Kier alpha value is -5.62. The van der Waals surface area contributed by atoms with Crippen LogP contribution < -0.4 is 19.5 Å². The number of carbonyl (C=O) groups excluding carboxylic acids is 2. The number of hydrazone groups is 1. The number of aryl methyl sites for hydroxylation is 1. The van der Waals surface area contributed by atoms with Crippen molar-refractivity contribution < 1.29 is 23.8 Å². The summed E-state index contributed by atoms with van der Waals surface area (Å²) < 4.78 is 18.2. The predicted octanol–water partition coefficient (Wildman–Crippen LogP) is 5.70. The number of carbonyl (C=O) groups is 2. The smallest absolute Gasteiger partial charge is 0.258 e. The maximum atomic E-state index is 13.9. The fraction of sp³-hybridized carbons (Fsp3) is 0.237. The Bertz CT molecular complexity index is 1900. The van der Waals surface area contributed by atoms with Crippen LogP contribution >= 0.6 is 11.8 Å². The van der Waals surface area contributed by atoms with E-state index in [-0.39, 0.29) is 36.8 Å². The largest absolute Gasteiger partial charge is 0.497 e. The summed E-state index contributed by atoms with van der Waals surface area (Å²) >= 11 is 1.30. The third-order valence-corrected chi connectivity index (χ3v) is 9.18. The number of benzene rings is 4. The first-order chi connectivity index (χ1) is 24.5. The molecule has 1 aromatic heterocycles. The van der Waals surface area contributed by atoms with Crippen molar-refractivity contribution in [2.75, 3.05) is 26.6 Å². The SMILES string of the molecule is COc1ccc(C2=NN(C(=O)CSc3nnc(CNC(=O)COc4ccccc4)n3CCc3ccccc3)[C@@H](c3ccc(OC)cc3)C2)cc1. The lowest BCUT2D eigenvalue weighted by Crippen LogP contribution is -2.30. The summed E-state index contributed by atoms with van der Waals surface area (Å²) in [5, 5.41) is 18.7. The fourth-order valence-electron chi connectivity index (χ4n) is 5.54. The van der Waals surface area contributed by atoms with E-state index < -0.39 is 0 Å². The van der Waals surface area contributed by atoms with E-state index >= 15 is 0 Å². The summed E-state index contributed by atoms with van der Waals surface area (Å²) in [6, 6.07) is 34.4. The Morgan fingerprint density at radius 2 is 1.48 bits per heavy atom. The highest BCUT2D eigenvalue weighted by molar-refractivity contribution is 7.99. The first kappa shape index (κ1) is 34.3. The van der Waals surface area contributed by atoms with Crippen molar-refractivity contribution in [3.8, 4) is 17.2 Å². The van der Waals surface area contributed by atoms with Gasteiger partial charge in [-0.3, -0.25) is 9.59 Å². The maximum absolute atomic E-state index is 13.9. The van der Waals surface area contributed by atoms with Crippen LogP contribution in [-0.2, 0) is 29.1 Å². The summed E-state index contributed by atoms with van der Waals surface area (Å²) in [6.07, 6.45) is 1.28. The molecule has 0 unspecified atom stereocenters. The van der Waals surface area contributed by atoms with Crippen LogP contribution in [0.3, 0.4) is 0 Å². The van der Waals surface area contributed by atoms with Crippen molar-refractivity contribution in [2.45, 2.75) is 37.1 Å². The number of aromatic nitrogens is 3. The third kappa shape index (κ3) is 8.69. The molecule has 0 saturated carbocycles. The van der Waals surface area contributed by atoms with Gasteiger partial charge in [0.15, 0.2) is 17.6 Å². The van der Waals surface area contributed by atoms with Crippen molar-refractivity contribution >= 4 is 29.3 Å². The molecule has 4 aromatic carbocycles. The number of nitrogens with zero attached hydrogens (tertiary/aromatic N) is 5. The van der Waals surface area contributed by atoms with E-state index in [9.17, 15) is 9.59 Å². The number of para-hydroxylation sites is 1. The first-order valence-corrected chi connectivity index (χ1v) is 17.2. The van der Waals surface area contributed by atoms with Crippen LogP contribution in [0.25, 0.3) is 0 Å². The normalized spacial score (nSPS) is 13.8. The quantitative estimate of drug-likeness (QED) is 0.139. The lowest BCUT2D eigenvalue weighted by atomic mass is 9.98. The molecule has 2 amide bonds. The molecule has 0 spiro atoms. The van der Waals surface area contributed by atoms with Gasteiger partial charge in [0, 0.05) is 13.0 Å². The predicted molar refractivity (Wildman–Crippen MR) is 191 cm³/mol. The van der Waals surface area contributed by atoms with Gasteiger partial charge >= 0.3 is 0 Å². The van der Waals surface area contributed by atoms with Gasteiger partial charge in [-0.1, -0.05) is 72.4 Å². The maximum Gasteiger partial charge on any atom is 0.258 e. The Morgan fingerprint density at radius 3 is 2.16 bits per heavy atom. The Balaban J connectivity index is 1.17. The summed E-state index contributed by atoms with van der Waals surface area (Å²) in [7, 11) is 3.25. The average Bonchev–Trinajstić information content (AvgIpc) is 3.80. The van der Waals surface area contributed by atoms with Crippen molar-refractivity contribution in [3.05, 3.63) is 132 Å². The van der Waals surface area contributed by atoms with Gasteiger partial charge in [0.2, 0.25) is 0 Å². The van der Waals surface area contributed by atoms with Gasteiger partial charge in [0.1, 0.15) is 17.2 Å². The number of nitrogens with one attached hydrogen (secondary N) is 1. The van der Waals surface area contributed by atoms with Gasteiger partial charge in [-0.25, -0.2) is 5.01 Å². The topological polar surface area (TPSA) is 120 Å². The summed E-state index contributed by atoms with van der Waals surface area (Å²) in [5.41, 5.74) is 3.84. The van der Waals surface area contributed by atoms with Gasteiger partial charge in [0.25, 0.3) is 11.8 Å². The zero-order valence-electron chi connectivity index (χ0n) is 27.9. The lowest BCUT2D eigenvalue weighted by molar-refractivity contribution is -0.130. The Morgan fingerprint density at radius 1 is 0.820 bits per heavy atom. The van der Waals surface area contributed by atoms with Crippen LogP contribution in [0.1, 0.15) is 35.0 Å². The van der Waals surface area contributed by atoms with Crippen LogP contribution in [-0.4, -0.2) is 63.9 Å². The minimum atomic E-state index is -0.286. The molecule has 11 nitrogen and oxygen atoms in total. The zero-order chi connectivity index (χ0) is 34.7. The van der Waals surface area contributed by atoms with Crippen LogP contribution in [0.5, 0.6) is 17.2 Å².